The molecule has 0 amide bonds. The van der Waals surface area contributed by atoms with Crippen LogP contribution in [0.15, 0.2) is 180 Å². The molecule has 4 nitrogen and oxygen atoms in total. The molecule has 1 radical (unpaired) electrons. The summed E-state index contributed by atoms with van der Waals surface area (Å²) in [5, 5.41) is 2.01. The minimum atomic E-state index is -0.994. The fourth-order valence-electron chi connectivity index (χ4n) is 7.65. The molecule has 3 heterocycles. The smallest absolute Gasteiger partial charge is 0.121 e. The van der Waals surface area contributed by atoms with Gasteiger partial charge in [0.25, 0.3) is 0 Å². The van der Waals surface area contributed by atoms with Gasteiger partial charge in [0.15, 0.2) is 0 Å². The van der Waals surface area contributed by atoms with Crippen LogP contribution in [-0.4, -0.2) is 14.5 Å². The van der Waals surface area contributed by atoms with Crippen molar-refractivity contribution in [3.05, 3.63) is 199 Å². The van der Waals surface area contributed by atoms with Crippen molar-refractivity contribution in [1.82, 2.24) is 14.5 Å². The molecule has 0 unspecified atom stereocenters. The topological polar surface area (TPSA) is 43.9 Å². The average molecular weight is 944 g/mol. The van der Waals surface area contributed by atoms with Crippen molar-refractivity contribution in [3.8, 4) is 50.6 Å². The predicted molar refractivity (Wildman–Crippen MR) is 240 cm³/mol. The molecule has 0 saturated heterocycles. The first-order chi connectivity index (χ1) is 29.0. The minimum Gasteiger partial charge on any atom is -0.501 e. The largest absolute Gasteiger partial charge is 0.501 e. The van der Waals surface area contributed by atoms with Crippen LogP contribution in [0.5, 0.6) is 0 Å². The summed E-state index contributed by atoms with van der Waals surface area (Å²) in [6.45, 7) is 7.65. The molecule has 59 heavy (non-hydrogen) atoms. The Bertz CT molecular complexity index is 3020. The standard InChI is InChI=1S/C43H35N2O.C11H8N.Ir/c1-27(2)36-24-32(30-16-9-6-10-17-30)25-37(28(3)4)41(36)45-39-21-12-11-20-38(39)44-43(45)35-19-13-18-34-33-23-22-31(26-40(33)46-42(34)35)29-14-7-5-8-15-29;1-2-6-10(7-3-1)11-8-4-5-9-12-11;/h5-18,20-28H,1-4H3;1-6,8-9H;/q2*-1;/i27D,28D;;. The third kappa shape index (κ3) is 7.80. The second kappa shape index (κ2) is 17.2. The van der Waals surface area contributed by atoms with E-state index in [0.717, 1.165) is 83.3 Å². The van der Waals surface area contributed by atoms with Gasteiger partial charge in [-0.3, -0.25) is 4.98 Å². The maximum Gasteiger partial charge on any atom is 0.121 e. The van der Waals surface area contributed by atoms with Gasteiger partial charge in [0.2, 0.25) is 0 Å². The third-order valence-corrected chi connectivity index (χ3v) is 10.5. The van der Waals surface area contributed by atoms with Gasteiger partial charge in [-0.25, -0.2) is 0 Å². The molecule has 10 rings (SSSR count). The van der Waals surface area contributed by atoms with Crippen LogP contribution in [0.3, 0.4) is 0 Å². The summed E-state index contributed by atoms with van der Waals surface area (Å²) >= 11 is 0. The Morgan fingerprint density at radius 2 is 1.25 bits per heavy atom. The number of fused-ring (bicyclic) bond motifs is 4. The average Bonchev–Trinajstić information content (AvgIpc) is 3.85. The number of imidazole rings is 1. The van der Waals surface area contributed by atoms with E-state index in [0.29, 0.717) is 11.4 Å². The van der Waals surface area contributed by atoms with E-state index in [9.17, 15) is 2.74 Å². The van der Waals surface area contributed by atoms with Crippen LogP contribution in [0.25, 0.3) is 83.6 Å². The van der Waals surface area contributed by atoms with E-state index in [2.05, 4.69) is 82.3 Å². The summed E-state index contributed by atoms with van der Waals surface area (Å²) in [6, 6.07) is 63.5. The van der Waals surface area contributed by atoms with Crippen molar-refractivity contribution in [2.24, 2.45) is 0 Å². The fraction of sp³-hybridized carbons (Fsp3) is 0.111. The van der Waals surface area contributed by atoms with E-state index < -0.39 is 11.8 Å². The molecular formula is C54H43IrN3O-2. The monoisotopic (exact) mass is 944 g/mol. The van der Waals surface area contributed by atoms with Crippen LogP contribution in [0.1, 0.15) is 53.4 Å². The number of hydrogen-bond acceptors (Lipinski definition) is 3. The molecule has 0 saturated carbocycles. The molecule has 0 bridgehead atoms. The molecule has 0 aliphatic carbocycles. The first-order valence-corrected chi connectivity index (χ1v) is 19.6. The number of pyridine rings is 1. The maximum atomic E-state index is 9.43. The Labute approximate surface area is 362 Å². The second-order valence-corrected chi connectivity index (χ2v) is 14.8. The molecule has 10 aromatic rings. The van der Waals surface area contributed by atoms with Crippen molar-refractivity contribution in [2.45, 2.75) is 39.5 Å². The number of furan rings is 1. The third-order valence-electron chi connectivity index (χ3n) is 10.5. The number of hydrogen-bond donors (Lipinski definition) is 0. The molecule has 0 fully saturated rings. The number of benzene rings is 7. The Hall–Kier alpha value is -6.39. The molecule has 5 heteroatoms. The van der Waals surface area contributed by atoms with Crippen molar-refractivity contribution >= 4 is 33.0 Å². The Morgan fingerprint density at radius 1 is 0.593 bits per heavy atom. The second-order valence-electron chi connectivity index (χ2n) is 14.8. The zero-order valence-electron chi connectivity index (χ0n) is 35.3. The Morgan fingerprint density at radius 3 is 1.92 bits per heavy atom. The van der Waals surface area contributed by atoms with Crippen LogP contribution in [0.4, 0.5) is 0 Å². The quantitative estimate of drug-likeness (QED) is 0.150. The molecule has 0 spiro atoms. The Balaban J connectivity index is 0.000000340. The maximum absolute atomic E-state index is 9.43. The fourth-order valence-corrected chi connectivity index (χ4v) is 7.65. The first-order valence-electron chi connectivity index (χ1n) is 20.6. The van der Waals surface area contributed by atoms with Gasteiger partial charge in [-0.1, -0.05) is 136 Å². The van der Waals surface area contributed by atoms with Gasteiger partial charge in [-0.15, -0.1) is 54.1 Å². The van der Waals surface area contributed by atoms with Gasteiger partial charge in [0.1, 0.15) is 5.58 Å². The summed E-state index contributed by atoms with van der Waals surface area (Å²) in [6.07, 6.45) is 1.79. The summed E-state index contributed by atoms with van der Waals surface area (Å²) in [5.41, 5.74) is 12.6. The molecule has 7 aromatic carbocycles. The number of rotatable bonds is 7. The van der Waals surface area contributed by atoms with Crippen molar-refractivity contribution < 1.29 is 27.3 Å². The molecule has 3 aromatic heterocycles. The van der Waals surface area contributed by atoms with E-state index >= 15 is 0 Å². The van der Waals surface area contributed by atoms with E-state index in [-0.39, 0.29) is 20.1 Å². The van der Waals surface area contributed by atoms with Gasteiger partial charge in [0.05, 0.1) is 22.4 Å². The number of nitrogens with zero attached hydrogens (tertiary/aromatic N) is 3. The van der Waals surface area contributed by atoms with Crippen LogP contribution < -0.4 is 0 Å². The first kappa shape index (κ1) is 36.9. The van der Waals surface area contributed by atoms with Crippen LogP contribution in [-0.2, 0) is 20.1 Å². The summed E-state index contributed by atoms with van der Waals surface area (Å²) in [4.78, 5) is 9.44. The molecule has 0 N–H and O–H groups in total. The number of para-hydroxylation sites is 2. The molecule has 0 aliphatic rings. The van der Waals surface area contributed by atoms with Crippen LogP contribution in [0, 0.1) is 12.1 Å². The zero-order chi connectivity index (χ0) is 41.4. The van der Waals surface area contributed by atoms with Gasteiger partial charge < -0.3 is 14.0 Å². The van der Waals surface area contributed by atoms with Crippen LogP contribution in [0.2, 0.25) is 0 Å². The van der Waals surface area contributed by atoms with Gasteiger partial charge >= 0.3 is 0 Å². The van der Waals surface area contributed by atoms with E-state index in [1.54, 1.807) is 6.20 Å². The van der Waals surface area contributed by atoms with E-state index in [1.165, 1.54) is 0 Å². The molecule has 291 valence electrons. The molecule has 0 aliphatic heterocycles. The van der Waals surface area contributed by atoms with Crippen LogP contribution >= 0.6 is 0 Å². The van der Waals surface area contributed by atoms with E-state index in [4.69, 9.17) is 9.40 Å². The normalized spacial score (nSPS) is 12.1. The summed E-state index contributed by atoms with van der Waals surface area (Å²) in [7, 11) is 0. The minimum absolute atomic E-state index is 0. The Kier molecular flexibility index (Phi) is 10.8. The van der Waals surface area contributed by atoms with Gasteiger partial charge in [-0.2, -0.15) is 0 Å². The predicted octanol–water partition coefficient (Wildman–Crippen LogP) is 14.5. The molecular weight excluding hydrogens is 899 g/mol. The van der Waals surface area contributed by atoms with Crippen molar-refractivity contribution in [2.75, 3.05) is 0 Å². The van der Waals surface area contributed by atoms with E-state index in [1.807, 2.05) is 137 Å². The molecule has 0 atom stereocenters. The van der Waals surface area contributed by atoms with Crippen molar-refractivity contribution in [1.29, 1.82) is 0 Å². The van der Waals surface area contributed by atoms with Gasteiger partial charge in [0, 0.05) is 40.1 Å². The SMILES string of the molecule is [2H]C(C)(C)c1cc(-c2ccccc2)cc(C([2H])(C)C)c1-n1c(-c2[c-]ccc3c2oc2cc(-c4ccccc4)ccc23)nc2ccccc21.[Ir].[c-]1ccccc1-c1ccccn1. The summed E-state index contributed by atoms with van der Waals surface area (Å²) in [5.74, 6) is -1.33. The van der Waals surface area contributed by atoms with Crippen molar-refractivity contribution in [3.63, 3.8) is 0 Å². The number of aromatic nitrogens is 3. The zero-order valence-corrected chi connectivity index (χ0v) is 35.7. The van der Waals surface area contributed by atoms with Gasteiger partial charge in [-0.05, 0) is 87.3 Å². The summed E-state index contributed by atoms with van der Waals surface area (Å²) < 4.78 is 27.7.